The van der Waals surface area contributed by atoms with Crippen LogP contribution in [0.4, 0.5) is 0 Å². The third-order valence-electron chi connectivity index (χ3n) is 4.31. The number of nitrogens with zero attached hydrogens (tertiary/aromatic N) is 2. The standard InChI is InChI=1S/C18H16N4O3/c1-11(17(23)19-9-12-5-4-8-25-12)22-15-7-3-2-6-13(15)14-10-20-21-18(24)16(14)22/h2-8,10-11H,9H2,1H3,(H,19,23)(H,21,24)/t11-/m1/s1. The first kappa shape index (κ1) is 15.2. The second-order valence-electron chi connectivity index (χ2n) is 5.82. The van der Waals surface area contributed by atoms with Crippen molar-refractivity contribution in [2.24, 2.45) is 0 Å². The van der Waals surface area contributed by atoms with Gasteiger partial charge in [0.25, 0.3) is 5.56 Å². The van der Waals surface area contributed by atoms with Gasteiger partial charge >= 0.3 is 0 Å². The van der Waals surface area contributed by atoms with Gasteiger partial charge in [-0.05, 0) is 25.1 Å². The Balaban J connectivity index is 1.78. The third-order valence-corrected chi connectivity index (χ3v) is 4.31. The number of amides is 1. The lowest BCUT2D eigenvalue weighted by atomic mass is 10.2. The molecule has 1 aromatic carbocycles. The van der Waals surface area contributed by atoms with Crippen molar-refractivity contribution in [1.29, 1.82) is 0 Å². The highest BCUT2D eigenvalue weighted by Crippen LogP contribution is 2.29. The van der Waals surface area contributed by atoms with Crippen molar-refractivity contribution in [2.45, 2.75) is 19.5 Å². The number of benzene rings is 1. The molecule has 0 saturated carbocycles. The summed E-state index contributed by atoms with van der Waals surface area (Å²) in [5, 5.41) is 10.8. The number of nitrogens with one attached hydrogen (secondary N) is 2. The predicted molar refractivity (Wildman–Crippen MR) is 93.1 cm³/mol. The zero-order chi connectivity index (χ0) is 17.4. The molecule has 0 saturated heterocycles. The molecule has 3 aromatic heterocycles. The molecule has 1 amide bonds. The zero-order valence-electron chi connectivity index (χ0n) is 13.5. The van der Waals surface area contributed by atoms with Gasteiger partial charge < -0.3 is 14.3 Å². The average molecular weight is 336 g/mol. The molecule has 0 bridgehead atoms. The van der Waals surface area contributed by atoms with Crippen molar-refractivity contribution in [3.8, 4) is 0 Å². The number of para-hydroxylation sites is 1. The molecule has 25 heavy (non-hydrogen) atoms. The van der Waals surface area contributed by atoms with Gasteiger partial charge in [0.05, 0.1) is 24.5 Å². The highest BCUT2D eigenvalue weighted by atomic mass is 16.3. The number of aromatic amines is 1. The lowest BCUT2D eigenvalue weighted by molar-refractivity contribution is -0.123. The van der Waals surface area contributed by atoms with E-state index in [2.05, 4.69) is 15.5 Å². The first-order valence-corrected chi connectivity index (χ1v) is 7.93. The lowest BCUT2D eigenvalue weighted by Gasteiger charge is -2.16. The highest BCUT2D eigenvalue weighted by Gasteiger charge is 2.22. The van der Waals surface area contributed by atoms with Gasteiger partial charge in [-0.3, -0.25) is 9.59 Å². The van der Waals surface area contributed by atoms with Gasteiger partial charge in [-0.25, -0.2) is 5.10 Å². The van der Waals surface area contributed by atoms with E-state index < -0.39 is 6.04 Å². The summed E-state index contributed by atoms with van der Waals surface area (Å²) in [6.45, 7) is 2.06. The van der Waals surface area contributed by atoms with Crippen LogP contribution in [-0.4, -0.2) is 20.7 Å². The number of hydrogen-bond acceptors (Lipinski definition) is 4. The molecule has 4 aromatic rings. The first-order valence-electron chi connectivity index (χ1n) is 7.93. The molecule has 1 atom stereocenters. The summed E-state index contributed by atoms with van der Waals surface area (Å²) in [4.78, 5) is 25.0. The van der Waals surface area contributed by atoms with Crippen LogP contribution < -0.4 is 10.9 Å². The fourth-order valence-electron chi connectivity index (χ4n) is 3.11. The molecule has 126 valence electrons. The Morgan fingerprint density at radius 3 is 2.92 bits per heavy atom. The molecule has 2 N–H and O–H groups in total. The molecule has 0 unspecified atom stereocenters. The number of furan rings is 1. The second-order valence-corrected chi connectivity index (χ2v) is 5.82. The molecule has 0 aliphatic carbocycles. The van der Waals surface area contributed by atoms with Crippen LogP contribution in [0.1, 0.15) is 18.7 Å². The maximum Gasteiger partial charge on any atom is 0.288 e. The quantitative estimate of drug-likeness (QED) is 0.598. The van der Waals surface area contributed by atoms with Crippen LogP contribution in [0.3, 0.4) is 0 Å². The van der Waals surface area contributed by atoms with Crippen LogP contribution in [0.15, 0.2) is 58.1 Å². The molecule has 7 nitrogen and oxygen atoms in total. The van der Waals surface area contributed by atoms with Crippen molar-refractivity contribution in [1.82, 2.24) is 20.1 Å². The molecule has 3 heterocycles. The Labute approximate surface area is 142 Å². The van der Waals surface area contributed by atoms with E-state index >= 15 is 0 Å². The monoisotopic (exact) mass is 336 g/mol. The van der Waals surface area contributed by atoms with Crippen molar-refractivity contribution < 1.29 is 9.21 Å². The summed E-state index contributed by atoms with van der Waals surface area (Å²) in [6.07, 6.45) is 3.17. The SMILES string of the molecule is C[C@H](C(=O)NCc1ccco1)n1c2ccccc2c2cn[nH]c(=O)c21. The first-order chi connectivity index (χ1) is 12.2. The fourth-order valence-corrected chi connectivity index (χ4v) is 3.11. The number of H-pyrrole nitrogens is 1. The minimum atomic E-state index is -0.569. The van der Waals surface area contributed by atoms with Gasteiger partial charge in [-0.2, -0.15) is 5.10 Å². The van der Waals surface area contributed by atoms with Crippen molar-refractivity contribution in [3.05, 3.63) is 65.0 Å². The Bertz CT molecular complexity index is 1110. The van der Waals surface area contributed by atoms with Gasteiger partial charge in [0.15, 0.2) is 0 Å². The second kappa shape index (κ2) is 5.94. The van der Waals surface area contributed by atoms with Gasteiger partial charge in [-0.15, -0.1) is 0 Å². The zero-order valence-corrected chi connectivity index (χ0v) is 13.5. The van der Waals surface area contributed by atoms with Crippen LogP contribution in [0.25, 0.3) is 21.8 Å². The maximum atomic E-state index is 12.6. The van der Waals surface area contributed by atoms with E-state index in [0.29, 0.717) is 17.8 Å². The van der Waals surface area contributed by atoms with E-state index in [-0.39, 0.29) is 11.5 Å². The van der Waals surface area contributed by atoms with Crippen molar-refractivity contribution in [2.75, 3.05) is 0 Å². The molecule has 0 radical (unpaired) electrons. The summed E-state index contributed by atoms with van der Waals surface area (Å²) in [6, 6.07) is 10.6. The number of rotatable bonds is 4. The van der Waals surface area contributed by atoms with Crippen LogP contribution in [0, 0.1) is 0 Å². The molecular weight excluding hydrogens is 320 g/mol. The van der Waals surface area contributed by atoms with Gasteiger partial charge in [-0.1, -0.05) is 18.2 Å². The van der Waals surface area contributed by atoms with Gasteiger partial charge in [0, 0.05) is 10.8 Å². The molecule has 7 heteroatoms. The Hall–Kier alpha value is -3.35. The Kier molecular flexibility index (Phi) is 3.61. The number of fused-ring (bicyclic) bond motifs is 3. The molecule has 0 aliphatic rings. The Morgan fingerprint density at radius 1 is 1.28 bits per heavy atom. The molecule has 0 fully saturated rings. The van der Waals surface area contributed by atoms with E-state index in [4.69, 9.17) is 4.42 Å². The van der Waals surface area contributed by atoms with E-state index in [1.54, 1.807) is 36.1 Å². The predicted octanol–water partition coefficient (Wildman–Crippen LogP) is 2.35. The summed E-state index contributed by atoms with van der Waals surface area (Å²) in [5.74, 6) is 0.472. The average Bonchev–Trinajstić information content (AvgIpc) is 3.26. The summed E-state index contributed by atoms with van der Waals surface area (Å²) in [5.41, 5.74) is 0.938. The molecule has 0 aliphatic heterocycles. The lowest BCUT2D eigenvalue weighted by Crippen LogP contribution is -2.31. The molecule has 4 rings (SSSR count). The highest BCUT2D eigenvalue weighted by molar-refractivity contribution is 6.08. The largest absolute Gasteiger partial charge is 0.467 e. The van der Waals surface area contributed by atoms with Crippen LogP contribution in [0.2, 0.25) is 0 Å². The van der Waals surface area contributed by atoms with Crippen molar-refractivity contribution >= 4 is 27.7 Å². The normalized spacial score (nSPS) is 12.5. The molecular formula is C18H16N4O3. The minimum absolute atomic E-state index is 0.199. The van der Waals surface area contributed by atoms with Crippen LogP contribution in [-0.2, 0) is 11.3 Å². The molecule has 0 spiro atoms. The van der Waals surface area contributed by atoms with E-state index in [1.165, 1.54) is 0 Å². The van der Waals surface area contributed by atoms with Gasteiger partial charge in [0.1, 0.15) is 17.3 Å². The smallest absolute Gasteiger partial charge is 0.288 e. The fraction of sp³-hybridized carbons (Fsp3) is 0.167. The summed E-state index contributed by atoms with van der Waals surface area (Å²) < 4.78 is 6.98. The third kappa shape index (κ3) is 2.50. The topological polar surface area (TPSA) is 92.9 Å². The number of aromatic nitrogens is 3. The van der Waals surface area contributed by atoms with Crippen LogP contribution >= 0.6 is 0 Å². The maximum absolute atomic E-state index is 12.6. The van der Waals surface area contributed by atoms with E-state index in [0.717, 1.165) is 16.3 Å². The van der Waals surface area contributed by atoms with E-state index in [1.807, 2.05) is 24.3 Å². The number of carbonyl (C=O) groups excluding carboxylic acids is 1. The summed E-state index contributed by atoms with van der Waals surface area (Å²) in [7, 11) is 0. The minimum Gasteiger partial charge on any atom is -0.467 e. The van der Waals surface area contributed by atoms with Crippen molar-refractivity contribution in [3.63, 3.8) is 0 Å². The Morgan fingerprint density at radius 2 is 2.12 bits per heavy atom. The van der Waals surface area contributed by atoms with Crippen LogP contribution in [0.5, 0.6) is 0 Å². The summed E-state index contributed by atoms with van der Waals surface area (Å²) >= 11 is 0. The number of hydrogen-bond donors (Lipinski definition) is 2. The number of carbonyl (C=O) groups is 1. The van der Waals surface area contributed by atoms with E-state index in [9.17, 15) is 9.59 Å². The van der Waals surface area contributed by atoms with Gasteiger partial charge in [0.2, 0.25) is 5.91 Å².